The highest BCUT2D eigenvalue weighted by molar-refractivity contribution is 14.1. The average Bonchev–Trinajstić information content (AvgIpc) is 3.88. The number of ether oxygens (including phenoxy) is 6. The van der Waals surface area contributed by atoms with E-state index in [1.807, 2.05) is 6.07 Å². The van der Waals surface area contributed by atoms with Gasteiger partial charge in [0.1, 0.15) is 0 Å². The Morgan fingerprint density at radius 2 is 0.683 bits per heavy atom. The molecule has 0 aromatic heterocycles. The molecule has 0 N–H and O–H groups in total. The molecule has 5 atom stereocenters. The van der Waals surface area contributed by atoms with Crippen molar-refractivity contribution in [2.75, 3.05) is 53.7 Å². The minimum atomic E-state index is -1.79. The van der Waals surface area contributed by atoms with Gasteiger partial charge >= 0.3 is 15.1 Å². The molecule has 0 aliphatic carbocycles. The fraction of sp³-hybridized carbons (Fsp3) is 0.609. The maximum absolute atomic E-state index is 6.92. The first-order valence-corrected chi connectivity index (χ1v) is 31.7. The van der Waals surface area contributed by atoms with Crippen LogP contribution in [0.3, 0.4) is 0 Å². The molecular formula is C46H72B2IO6P5+2. The summed E-state index contributed by atoms with van der Waals surface area (Å²) in [5.74, 6) is 5.20. The van der Waals surface area contributed by atoms with E-state index in [1.54, 1.807) is 0 Å². The van der Waals surface area contributed by atoms with Gasteiger partial charge in [-0.05, 0) is 143 Å². The van der Waals surface area contributed by atoms with Crippen molar-refractivity contribution in [1.29, 1.82) is 0 Å². The lowest BCUT2D eigenvalue weighted by Crippen LogP contribution is -2.37. The molecule has 0 amide bonds. The molecule has 3 aromatic rings. The van der Waals surface area contributed by atoms with Gasteiger partial charge in [-0.3, -0.25) is 0 Å². The highest BCUT2D eigenvalue weighted by atomic mass is 127. The number of halogens is 1. The molecule has 3 aromatic carbocycles. The lowest BCUT2D eigenvalue weighted by Gasteiger charge is -2.37. The minimum absolute atomic E-state index is 0.0590. The third kappa shape index (κ3) is 11.6. The minimum Gasteiger partial charge on any atom is -0.454 e. The monoisotopic (exact) mass is 1020 g/mol. The summed E-state index contributed by atoms with van der Waals surface area (Å²) in [5, 5.41) is 7.84. The third-order valence-electron chi connectivity index (χ3n) is 12.3. The normalized spacial score (nSPS) is 18.2. The van der Waals surface area contributed by atoms with Crippen molar-refractivity contribution in [3.63, 3.8) is 0 Å². The first-order chi connectivity index (χ1) is 27.1. The quantitative estimate of drug-likeness (QED) is 0.144. The van der Waals surface area contributed by atoms with E-state index < -0.39 is 14.3 Å². The number of hydrogen-bond acceptors (Lipinski definition) is 6. The Kier molecular flexibility index (Phi) is 16.3. The van der Waals surface area contributed by atoms with Crippen LogP contribution in [0.25, 0.3) is 0 Å². The van der Waals surface area contributed by atoms with Crippen LogP contribution in [0.5, 0.6) is 34.5 Å². The zero-order valence-electron chi connectivity index (χ0n) is 40.3. The first kappa shape index (κ1) is 52.1. The summed E-state index contributed by atoms with van der Waals surface area (Å²) in [6.07, 6.45) is 0. The molecular weight excluding hydrogens is 952 g/mol. The standard InChI is InChI=1S/C17H28BO2P2.C17H28O2P2.C12H16BIO2P/c1-16(2,3)21(7)14-9-12-13(20-11-19-12)10-15(14)22(8,18)17(4,5)6;1-16(2,3)20(7)14-9-12-13(19-11-18-12)10-15(14)21(8)17(4,5)6;1-12(2,3)17(4,13)11-6-10-9(5-8(11)14)15-7-16-10/h9-10H,11H2,1-8H3;9-10H,11H2,1-8H3;5-6H,7H2,1-4H3/q+1;;+1/t21-,22?;20-,21-;/m00./s1. The summed E-state index contributed by atoms with van der Waals surface area (Å²) in [6.45, 7) is 46.7. The molecule has 4 radical (unpaired) electrons. The third-order valence-corrected chi connectivity index (χ3v) is 31.6. The van der Waals surface area contributed by atoms with Crippen LogP contribution in [-0.2, 0) is 0 Å². The summed E-state index contributed by atoms with van der Waals surface area (Å²) >= 11 is 2.33. The molecule has 3 aliphatic heterocycles. The van der Waals surface area contributed by atoms with Gasteiger partial charge in [-0.15, -0.1) is 0 Å². The Labute approximate surface area is 386 Å². The molecule has 2 unspecified atom stereocenters. The molecule has 0 bridgehead atoms. The fourth-order valence-electron chi connectivity index (χ4n) is 6.09. The zero-order chi connectivity index (χ0) is 45.8. The van der Waals surface area contributed by atoms with Crippen molar-refractivity contribution < 1.29 is 28.4 Å². The van der Waals surface area contributed by atoms with Crippen molar-refractivity contribution in [3.05, 3.63) is 40.0 Å². The lowest BCUT2D eigenvalue weighted by molar-refractivity contribution is 0.173. The maximum Gasteiger partial charge on any atom is 0.371 e. The number of rotatable bonds is 5. The topological polar surface area (TPSA) is 55.4 Å². The summed E-state index contributed by atoms with van der Waals surface area (Å²) in [6, 6.07) is 12.9. The van der Waals surface area contributed by atoms with Crippen LogP contribution < -0.4 is 54.9 Å². The molecule has 3 aliphatic rings. The van der Waals surface area contributed by atoms with Gasteiger partial charge in [0.25, 0.3) is 0 Å². The van der Waals surface area contributed by atoms with Crippen molar-refractivity contribution >= 4 is 102 Å². The van der Waals surface area contributed by atoms with E-state index in [-0.39, 0.29) is 39.2 Å². The fourth-order valence-corrected chi connectivity index (χ4v) is 17.6. The summed E-state index contributed by atoms with van der Waals surface area (Å²) in [4.78, 5) is 0. The lowest BCUT2D eigenvalue weighted by atomic mass is 10.2. The molecule has 0 saturated heterocycles. The van der Waals surface area contributed by atoms with Crippen molar-refractivity contribution in [1.82, 2.24) is 0 Å². The van der Waals surface area contributed by atoms with Gasteiger partial charge in [0.2, 0.25) is 20.4 Å². The molecule has 3 heterocycles. The van der Waals surface area contributed by atoms with Crippen LogP contribution in [0.2, 0.25) is 0 Å². The molecule has 0 fully saturated rings. The van der Waals surface area contributed by atoms with Crippen LogP contribution in [0.1, 0.15) is 104 Å². The summed E-state index contributed by atoms with van der Waals surface area (Å²) < 4.78 is 34.4. The molecule has 14 heteroatoms. The second-order valence-corrected chi connectivity index (χ2v) is 39.2. The van der Waals surface area contributed by atoms with Gasteiger partial charge in [0.05, 0.1) is 24.5 Å². The summed E-state index contributed by atoms with van der Waals surface area (Å²) in [5.41, 5.74) is 0. The Balaban J connectivity index is 0.000000200. The van der Waals surface area contributed by atoms with Crippen LogP contribution in [0, 0.1) is 3.57 Å². The van der Waals surface area contributed by atoms with Crippen LogP contribution in [0.4, 0.5) is 0 Å². The molecule has 6 rings (SSSR count). The molecule has 328 valence electrons. The van der Waals surface area contributed by atoms with Gasteiger partial charge in [-0.1, -0.05) is 86.1 Å². The molecule has 6 nitrogen and oxygen atoms in total. The largest absolute Gasteiger partial charge is 0.454 e. The maximum atomic E-state index is 6.92. The number of benzene rings is 3. The number of fused-ring (bicyclic) bond motifs is 3. The number of hydrogen-bond donors (Lipinski definition) is 0. The smallest absolute Gasteiger partial charge is 0.371 e. The van der Waals surface area contributed by atoms with E-state index in [0.717, 1.165) is 34.5 Å². The van der Waals surface area contributed by atoms with Crippen LogP contribution in [0.15, 0.2) is 36.4 Å². The molecule has 60 heavy (non-hydrogen) atoms. The predicted octanol–water partition coefficient (Wildman–Crippen LogP) is 11.8. The SMILES string of the molecule is C[P@@](c1cc2c(cc1[P@](C)C(C)(C)C)OCO2)C(C)(C)C.[B][P+](C)(c1cc2c(cc1I)OCO2)C(C)(C)C.[B][P+](C)(c1cc2c(cc1[P@](C)C(C)(C)C)OCO2)C(C)(C)C. The Bertz CT molecular complexity index is 1960. The second-order valence-electron chi connectivity index (χ2n) is 21.2. The van der Waals surface area contributed by atoms with Gasteiger partial charge in [-0.2, -0.15) is 0 Å². The van der Waals surface area contributed by atoms with E-state index >= 15 is 0 Å². The first-order valence-electron chi connectivity index (χ1n) is 20.6. The Morgan fingerprint density at radius 3 is 1.00 bits per heavy atom. The van der Waals surface area contributed by atoms with E-state index in [1.165, 1.54) is 30.1 Å². The van der Waals surface area contributed by atoms with E-state index in [9.17, 15) is 0 Å². The van der Waals surface area contributed by atoms with Crippen molar-refractivity contribution in [3.8, 4) is 34.5 Å². The molecule has 0 saturated carbocycles. The van der Waals surface area contributed by atoms with E-state index in [2.05, 4.69) is 190 Å². The summed E-state index contributed by atoms with van der Waals surface area (Å²) in [7, 11) is 9.22. The highest BCUT2D eigenvalue weighted by Gasteiger charge is 2.46. The van der Waals surface area contributed by atoms with Gasteiger partial charge in [-0.25, -0.2) is 0 Å². The van der Waals surface area contributed by atoms with Crippen molar-refractivity contribution in [2.45, 2.75) is 130 Å². The van der Waals surface area contributed by atoms with Gasteiger partial charge < -0.3 is 28.4 Å². The highest BCUT2D eigenvalue weighted by Crippen LogP contribution is 2.63. The van der Waals surface area contributed by atoms with Crippen molar-refractivity contribution in [2.24, 2.45) is 0 Å². The Morgan fingerprint density at radius 1 is 0.433 bits per heavy atom. The molecule has 0 spiro atoms. The van der Waals surface area contributed by atoms with Gasteiger partial charge in [0.15, 0.2) is 34.5 Å². The second kappa shape index (κ2) is 18.8. The van der Waals surface area contributed by atoms with E-state index in [4.69, 9.17) is 43.6 Å². The van der Waals surface area contributed by atoms with Crippen LogP contribution in [-0.4, -0.2) is 94.6 Å². The average molecular weight is 1020 g/mol. The predicted molar refractivity (Wildman–Crippen MR) is 283 cm³/mol. The van der Waals surface area contributed by atoms with Crippen LogP contribution >= 0.6 is 60.6 Å². The van der Waals surface area contributed by atoms with Gasteiger partial charge in [0, 0.05) is 36.8 Å². The Hall–Kier alpha value is -0.530. The zero-order valence-corrected chi connectivity index (χ0v) is 46.9. The van der Waals surface area contributed by atoms with E-state index in [0.29, 0.717) is 30.7 Å².